The van der Waals surface area contributed by atoms with E-state index in [1.165, 1.54) is 0 Å². The van der Waals surface area contributed by atoms with Crippen molar-refractivity contribution in [2.24, 2.45) is 0 Å². The van der Waals surface area contributed by atoms with Crippen molar-refractivity contribution in [3.63, 3.8) is 0 Å². The molecule has 4 heteroatoms. The Balaban J connectivity index is 2.65. The van der Waals surface area contributed by atoms with E-state index in [1.54, 1.807) is 0 Å². The summed E-state index contributed by atoms with van der Waals surface area (Å²) in [7, 11) is 0. The Labute approximate surface area is 117 Å². The molecule has 0 radical (unpaired) electrons. The number of rotatable bonds is 6. The van der Waals surface area contributed by atoms with Crippen LogP contribution in [0.15, 0.2) is 22.7 Å². The van der Waals surface area contributed by atoms with Gasteiger partial charge in [0.15, 0.2) is 0 Å². The lowest BCUT2D eigenvalue weighted by atomic mass is 9.94. The maximum Gasteiger partial charge on any atom is 0.0462 e. The Hall–Kier alpha value is -0.0900. The predicted molar refractivity (Wildman–Crippen MR) is 76.4 cm³/mol. The van der Waals surface area contributed by atoms with E-state index in [1.807, 2.05) is 18.2 Å². The van der Waals surface area contributed by atoms with Crippen LogP contribution in [0.25, 0.3) is 0 Å². The molecule has 1 aromatic rings. The first-order valence-electron chi connectivity index (χ1n) is 5.80. The molecule has 96 valence electrons. The molecule has 0 aliphatic heterocycles. The minimum atomic E-state index is -0.0366. The van der Waals surface area contributed by atoms with Crippen LogP contribution < -0.4 is 5.32 Å². The zero-order valence-corrected chi connectivity index (χ0v) is 12.6. The van der Waals surface area contributed by atoms with Crippen LogP contribution in [0.4, 0.5) is 0 Å². The first kappa shape index (κ1) is 15.0. The minimum absolute atomic E-state index is 0.0366. The van der Waals surface area contributed by atoms with Gasteiger partial charge in [-0.2, -0.15) is 0 Å². The topological polar surface area (TPSA) is 32.3 Å². The summed E-state index contributed by atoms with van der Waals surface area (Å²) in [6, 6.07) is 5.89. The maximum atomic E-state index is 9.05. The van der Waals surface area contributed by atoms with Crippen LogP contribution in [-0.4, -0.2) is 17.3 Å². The van der Waals surface area contributed by atoms with Gasteiger partial charge in [-0.25, -0.2) is 0 Å². The number of halogens is 2. The van der Waals surface area contributed by atoms with Gasteiger partial charge in [0.25, 0.3) is 0 Å². The monoisotopic (exact) mass is 319 g/mol. The minimum Gasteiger partial charge on any atom is -0.396 e. The largest absolute Gasteiger partial charge is 0.396 e. The fraction of sp³-hybridized carbons (Fsp3) is 0.538. The second kappa shape index (κ2) is 6.74. The lowest BCUT2D eigenvalue weighted by Gasteiger charge is -2.29. The van der Waals surface area contributed by atoms with Crippen LogP contribution >= 0.6 is 27.5 Å². The molecule has 1 atom stereocenters. The van der Waals surface area contributed by atoms with Gasteiger partial charge in [0.1, 0.15) is 0 Å². The predicted octanol–water partition coefficient (Wildman–Crippen LogP) is 3.74. The lowest BCUT2D eigenvalue weighted by Crippen LogP contribution is -2.42. The molecule has 1 unspecified atom stereocenters. The smallest absolute Gasteiger partial charge is 0.0462 e. The molecule has 0 aliphatic rings. The Bertz CT molecular complexity index is 372. The molecule has 0 aromatic heterocycles. The van der Waals surface area contributed by atoms with Gasteiger partial charge in [-0.05, 0) is 37.5 Å². The molecule has 0 spiro atoms. The molecule has 1 rings (SSSR count). The van der Waals surface area contributed by atoms with Crippen molar-refractivity contribution < 1.29 is 5.11 Å². The summed E-state index contributed by atoms with van der Waals surface area (Å²) in [4.78, 5) is 0. The van der Waals surface area contributed by atoms with E-state index in [0.717, 1.165) is 34.4 Å². The molecule has 0 fully saturated rings. The maximum absolute atomic E-state index is 9.05. The molecule has 17 heavy (non-hydrogen) atoms. The standard InChI is InChI=1S/C13H19BrClNO/c1-3-13(2,6-7-17)16-9-10-4-5-11(14)8-12(10)15/h4-5,8,16-17H,3,6-7,9H2,1-2H3. The third-order valence-electron chi connectivity index (χ3n) is 3.16. The average Bonchev–Trinajstić information content (AvgIpc) is 2.28. The quantitative estimate of drug-likeness (QED) is 0.837. The van der Waals surface area contributed by atoms with Crippen molar-refractivity contribution in [3.8, 4) is 0 Å². The molecular formula is C13H19BrClNO. The molecule has 0 saturated heterocycles. The SMILES string of the molecule is CCC(C)(CCO)NCc1ccc(Br)cc1Cl. The third kappa shape index (κ3) is 4.59. The zero-order valence-electron chi connectivity index (χ0n) is 10.3. The van der Waals surface area contributed by atoms with Gasteiger partial charge in [0.05, 0.1) is 0 Å². The second-order valence-corrected chi connectivity index (χ2v) is 5.80. The highest BCUT2D eigenvalue weighted by Crippen LogP contribution is 2.22. The van der Waals surface area contributed by atoms with Crippen molar-refractivity contribution in [2.75, 3.05) is 6.61 Å². The van der Waals surface area contributed by atoms with Crippen LogP contribution in [0, 0.1) is 0 Å². The molecule has 1 aromatic carbocycles. The van der Waals surface area contributed by atoms with Gasteiger partial charge in [-0.1, -0.05) is 40.5 Å². The Morgan fingerprint density at radius 3 is 2.71 bits per heavy atom. The Morgan fingerprint density at radius 2 is 2.18 bits per heavy atom. The first-order valence-corrected chi connectivity index (χ1v) is 6.97. The second-order valence-electron chi connectivity index (χ2n) is 4.48. The summed E-state index contributed by atoms with van der Waals surface area (Å²) in [6.07, 6.45) is 1.72. The van der Waals surface area contributed by atoms with Gasteiger partial charge >= 0.3 is 0 Å². The summed E-state index contributed by atoms with van der Waals surface area (Å²) < 4.78 is 0.986. The van der Waals surface area contributed by atoms with Crippen LogP contribution in [0.2, 0.25) is 5.02 Å². The summed E-state index contributed by atoms with van der Waals surface area (Å²) in [5.41, 5.74) is 1.04. The first-order chi connectivity index (χ1) is 8.00. The van der Waals surface area contributed by atoms with Crippen LogP contribution in [0.1, 0.15) is 32.3 Å². The zero-order chi connectivity index (χ0) is 12.9. The van der Waals surface area contributed by atoms with Gasteiger partial charge < -0.3 is 10.4 Å². The lowest BCUT2D eigenvalue weighted by molar-refractivity contribution is 0.214. The van der Waals surface area contributed by atoms with Gasteiger partial charge in [-0.3, -0.25) is 0 Å². The van der Waals surface area contributed by atoms with Crippen LogP contribution in [0.3, 0.4) is 0 Å². The molecule has 0 amide bonds. The van der Waals surface area contributed by atoms with Crippen molar-refractivity contribution in [3.05, 3.63) is 33.3 Å². The van der Waals surface area contributed by atoms with Crippen LogP contribution in [-0.2, 0) is 6.54 Å². The van der Waals surface area contributed by atoms with Gasteiger partial charge in [0.2, 0.25) is 0 Å². The number of hydrogen-bond acceptors (Lipinski definition) is 2. The summed E-state index contributed by atoms with van der Waals surface area (Å²) in [6.45, 7) is 5.16. The van der Waals surface area contributed by atoms with Crippen molar-refractivity contribution in [1.29, 1.82) is 0 Å². The molecule has 0 saturated carbocycles. The fourth-order valence-electron chi connectivity index (χ4n) is 1.61. The summed E-state index contributed by atoms with van der Waals surface area (Å²) in [5, 5.41) is 13.3. The normalized spacial score (nSPS) is 14.6. The van der Waals surface area contributed by atoms with Crippen molar-refractivity contribution in [2.45, 2.75) is 38.8 Å². The highest BCUT2D eigenvalue weighted by Gasteiger charge is 2.20. The van der Waals surface area contributed by atoms with E-state index >= 15 is 0 Å². The van der Waals surface area contributed by atoms with E-state index in [9.17, 15) is 0 Å². The van der Waals surface area contributed by atoms with E-state index < -0.39 is 0 Å². The molecule has 0 aliphatic carbocycles. The van der Waals surface area contributed by atoms with E-state index in [2.05, 4.69) is 35.1 Å². The fourth-order valence-corrected chi connectivity index (χ4v) is 2.35. The summed E-state index contributed by atoms with van der Waals surface area (Å²) >= 11 is 9.55. The Morgan fingerprint density at radius 1 is 1.47 bits per heavy atom. The van der Waals surface area contributed by atoms with E-state index in [0.29, 0.717) is 0 Å². The molecule has 2 N–H and O–H groups in total. The molecule has 0 heterocycles. The van der Waals surface area contributed by atoms with Crippen LogP contribution in [0.5, 0.6) is 0 Å². The number of benzene rings is 1. The highest BCUT2D eigenvalue weighted by molar-refractivity contribution is 9.10. The van der Waals surface area contributed by atoms with E-state index in [-0.39, 0.29) is 12.1 Å². The molecule has 0 bridgehead atoms. The van der Waals surface area contributed by atoms with Crippen molar-refractivity contribution in [1.82, 2.24) is 5.32 Å². The number of nitrogens with one attached hydrogen (secondary N) is 1. The Kier molecular flexibility index (Phi) is 5.93. The van der Waals surface area contributed by atoms with Crippen molar-refractivity contribution >= 4 is 27.5 Å². The van der Waals surface area contributed by atoms with E-state index in [4.69, 9.17) is 16.7 Å². The number of aliphatic hydroxyl groups excluding tert-OH is 1. The number of aliphatic hydroxyl groups is 1. The molecular weight excluding hydrogens is 302 g/mol. The highest BCUT2D eigenvalue weighted by atomic mass is 79.9. The number of hydrogen-bond donors (Lipinski definition) is 2. The van der Waals surface area contributed by atoms with Gasteiger partial charge in [0, 0.05) is 28.2 Å². The summed E-state index contributed by atoms with van der Waals surface area (Å²) in [5.74, 6) is 0. The third-order valence-corrected chi connectivity index (χ3v) is 4.01. The molecule has 2 nitrogen and oxygen atoms in total. The van der Waals surface area contributed by atoms with Gasteiger partial charge in [-0.15, -0.1) is 0 Å². The average molecular weight is 321 g/mol.